The van der Waals surface area contributed by atoms with Gasteiger partial charge in [0.15, 0.2) is 5.82 Å². The van der Waals surface area contributed by atoms with Crippen LogP contribution in [0, 0.1) is 0 Å². The van der Waals surface area contributed by atoms with E-state index in [1.807, 2.05) is 37.3 Å². The number of nitrogens with zero attached hydrogens (tertiary/aromatic N) is 3. The van der Waals surface area contributed by atoms with Crippen LogP contribution in [0.25, 0.3) is 21.8 Å². The largest absolute Gasteiger partial charge is 0.534 e. The number of rotatable bonds is 6. The molecule has 4 aromatic rings. The number of aryl methyl sites for hydroxylation is 3. The van der Waals surface area contributed by atoms with Crippen molar-refractivity contribution in [2.45, 2.75) is 31.8 Å². The Kier molecular flexibility index (Phi) is 5.45. The zero-order chi connectivity index (χ0) is 23.1. The van der Waals surface area contributed by atoms with E-state index in [-0.39, 0.29) is 11.3 Å². The molecule has 2 aromatic carbocycles. The summed E-state index contributed by atoms with van der Waals surface area (Å²) in [6, 6.07) is 11.9. The van der Waals surface area contributed by atoms with E-state index in [4.69, 9.17) is 5.73 Å². The minimum Gasteiger partial charge on any atom is -0.382 e. The van der Waals surface area contributed by atoms with Crippen LogP contribution in [0.4, 0.5) is 19.0 Å². The first-order valence-electron chi connectivity index (χ1n) is 9.73. The van der Waals surface area contributed by atoms with Crippen LogP contribution in [0.3, 0.4) is 0 Å². The van der Waals surface area contributed by atoms with E-state index in [9.17, 15) is 21.6 Å². The van der Waals surface area contributed by atoms with E-state index in [1.165, 1.54) is 6.07 Å². The van der Waals surface area contributed by atoms with Crippen molar-refractivity contribution in [2.24, 2.45) is 0 Å². The van der Waals surface area contributed by atoms with Gasteiger partial charge in [0.2, 0.25) is 0 Å². The maximum Gasteiger partial charge on any atom is 0.534 e. The van der Waals surface area contributed by atoms with Gasteiger partial charge in [0, 0.05) is 29.6 Å². The van der Waals surface area contributed by atoms with Gasteiger partial charge in [0.25, 0.3) is 0 Å². The van der Waals surface area contributed by atoms with Crippen LogP contribution >= 0.6 is 0 Å². The number of benzene rings is 2. The summed E-state index contributed by atoms with van der Waals surface area (Å²) in [6.45, 7) is 2.49. The van der Waals surface area contributed by atoms with Gasteiger partial charge in [-0.3, -0.25) is 4.68 Å². The SMILES string of the molecule is CCn1cc2c(n1)c(N)nc1cc(OS(=O)(=O)C(F)(F)F)cc(CCc3ccccc3)c12. The van der Waals surface area contributed by atoms with E-state index in [1.54, 1.807) is 10.9 Å². The Morgan fingerprint density at radius 1 is 1.12 bits per heavy atom. The van der Waals surface area contributed by atoms with Crippen molar-refractivity contribution in [3.8, 4) is 5.75 Å². The summed E-state index contributed by atoms with van der Waals surface area (Å²) < 4.78 is 67.8. The Labute approximate surface area is 181 Å². The molecule has 32 heavy (non-hydrogen) atoms. The average Bonchev–Trinajstić information content (AvgIpc) is 3.16. The summed E-state index contributed by atoms with van der Waals surface area (Å²) >= 11 is 0. The third-order valence-electron chi connectivity index (χ3n) is 5.03. The topological polar surface area (TPSA) is 100 Å². The quantitative estimate of drug-likeness (QED) is 0.339. The summed E-state index contributed by atoms with van der Waals surface area (Å²) in [7, 11) is -5.83. The number of hydrogen-bond donors (Lipinski definition) is 1. The van der Waals surface area contributed by atoms with Gasteiger partial charge in [-0.25, -0.2) is 4.98 Å². The number of anilines is 1. The number of alkyl halides is 3. The fraction of sp³-hybridized carbons (Fsp3) is 0.238. The zero-order valence-electron chi connectivity index (χ0n) is 16.9. The van der Waals surface area contributed by atoms with Crippen LogP contribution in [0.15, 0.2) is 48.7 Å². The number of aromatic nitrogens is 3. The van der Waals surface area contributed by atoms with Gasteiger partial charge in [-0.2, -0.15) is 26.7 Å². The molecule has 11 heteroatoms. The maximum atomic E-state index is 12.9. The van der Waals surface area contributed by atoms with Gasteiger partial charge >= 0.3 is 15.6 Å². The molecule has 2 aromatic heterocycles. The van der Waals surface area contributed by atoms with Crippen LogP contribution in [0.5, 0.6) is 5.75 Å². The molecule has 0 fully saturated rings. The molecule has 0 bridgehead atoms. The molecule has 0 atom stereocenters. The van der Waals surface area contributed by atoms with E-state index in [0.29, 0.717) is 41.2 Å². The maximum absolute atomic E-state index is 12.9. The molecule has 4 rings (SSSR count). The first-order valence-corrected chi connectivity index (χ1v) is 11.1. The highest BCUT2D eigenvalue weighted by Crippen LogP contribution is 2.35. The fourth-order valence-corrected chi connectivity index (χ4v) is 3.98. The Balaban J connectivity index is 1.89. The third kappa shape index (κ3) is 4.07. The molecule has 0 saturated carbocycles. The number of fused-ring (bicyclic) bond motifs is 3. The first kappa shape index (κ1) is 21.9. The molecular formula is C21H19F3N4O3S. The molecule has 0 radical (unpaired) electrons. The third-order valence-corrected chi connectivity index (χ3v) is 6.01. The molecule has 0 spiro atoms. The lowest BCUT2D eigenvalue weighted by Crippen LogP contribution is -2.28. The first-order chi connectivity index (χ1) is 15.1. The molecule has 0 aliphatic carbocycles. The van der Waals surface area contributed by atoms with Crippen LogP contribution in [0.1, 0.15) is 18.1 Å². The van der Waals surface area contributed by atoms with Crippen LogP contribution < -0.4 is 9.92 Å². The standard InChI is InChI=1S/C21H19F3N4O3S/c1-2-28-12-16-18-14(9-8-13-6-4-3-5-7-13)10-15(31-32(29,30)21(22,23)24)11-17(18)26-20(25)19(16)27-28/h3-7,10-12H,2,8-9H2,1H3,(H2,25,26). The summed E-state index contributed by atoms with van der Waals surface area (Å²) in [5.74, 6) is -0.392. The number of nitrogens with two attached hydrogens (primary N) is 1. The van der Waals surface area contributed by atoms with E-state index in [2.05, 4.69) is 14.3 Å². The predicted molar refractivity (Wildman–Crippen MR) is 115 cm³/mol. The summed E-state index contributed by atoms with van der Waals surface area (Å²) in [5, 5.41) is 5.73. The van der Waals surface area contributed by atoms with Crippen molar-refractivity contribution in [2.75, 3.05) is 5.73 Å². The average molecular weight is 464 g/mol. The highest BCUT2D eigenvalue weighted by molar-refractivity contribution is 7.88. The van der Waals surface area contributed by atoms with Gasteiger partial charge in [-0.15, -0.1) is 0 Å². The normalized spacial score (nSPS) is 12.5. The minimum atomic E-state index is -5.83. The van der Waals surface area contributed by atoms with Crippen LogP contribution in [0.2, 0.25) is 0 Å². The molecule has 2 heterocycles. The number of nitrogen functional groups attached to an aromatic ring is 1. The summed E-state index contributed by atoms with van der Waals surface area (Å²) in [6.07, 6.45) is 2.76. The van der Waals surface area contributed by atoms with Crippen molar-refractivity contribution in [3.05, 3.63) is 59.8 Å². The molecule has 0 saturated heterocycles. The molecule has 2 N–H and O–H groups in total. The van der Waals surface area contributed by atoms with Gasteiger partial charge in [-0.05, 0) is 37.0 Å². The lowest BCUT2D eigenvalue weighted by atomic mass is 9.98. The second-order valence-electron chi connectivity index (χ2n) is 7.19. The molecule has 0 amide bonds. The van der Waals surface area contributed by atoms with Crippen molar-refractivity contribution in [1.29, 1.82) is 0 Å². The van der Waals surface area contributed by atoms with Crippen molar-refractivity contribution >= 4 is 37.7 Å². The number of pyridine rings is 1. The van der Waals surface area contributed by atoms with Gasteiger partial charge < -0.3 is 9.92 Å². The second-order valence-corrected chi connectivity index (χ2v) is 8.73. The van der Waals surface area contributed by atoms with E-state index < -0.39 is 21.4 Å². The number of hydrogen-bond acceptors (Lipinski definition) is 6. The Morgan fingerprint density at radius 2 is 1.84 bits per heavy atom. The lowest BCUT2D eigenvalue weighted by Gasteiger charge is -2.13. The minimum absolute atomic E-state index is 0.0875. The molecular weight excluding hydrogens is 445 g/mol. The van der Waals surface area contributed by atoms with Crippen LogP contribution in [-0.2, 0) is 29.5 Å². The summed E-state index contributed by atoms with van der Waals surface area (Å²) in [5.41, 5.74) is 2.76. The smallest absolute Gasteiger partial charge is 0.382 e. The van der Waals surface area contributed by atoms with Crippen molar-refractivity contribution < 1.29 is 25.8 Å². The van der Waals surface area contributed by atoms with Crippen molar-refractivity contribution in [1.82, 2.24) is 14.8 Å². The highest BCUT2D eigenvalue weighted by atomic mass is 32.2. The molecule has 0 aliphatic rings. The molecule has 7 nitrogen and oxygen atoms in total. The second kappa shape index (κ2) is 7.97. The molecule has 168 valence electrons. The Hall–Kier alpha value is -3.34. The molecule has 0 unspecified atom stereocenters. The van der Waals surface area contributed by atoms with Gasteiger partial charge in [-0.1, -0.05) is 30.3 Å². The van der Waals surface area contributed by atoms with E-state index in [0.717, 1.165) is 11.6 Å². The fourth-order valence-electron chi connectivity index (χ4n) is 3.54. The van der Waals surface area contributed by atoms with E-state index >= 15 is 0 Å². The number of halogens is 3. The zero-order valence-corrected chi connectivity index (χ0v) is 17.7. The summed E-state index contributed by atoms with van der Waals surface area (Å²) in [4.78, 5) is 4.27. The van der Waals surface area contributed by atoms with Gasteiger partial charge in [0.1, 0.15) is 11.3 Å². The van der Waals surface area contributed by atoms with Crippen LogP contribution in [-0.4, -0.2) is 28.7 Å². The Bertz CT molecular complexity index is 1400. The van der Waals surface area contributed by atoms with Crippen molar-refractivity contribution in [3.63, 3.8) is 0 Å². The predicted octanol–water partition coefficient (Wildman–Crippen LogP) is 4.20. The Morgan fingerprint density at radius 3 is 2.50 bits per heavy atom. The highest BCUT2D eigenvalue weighted by Gasteiger charge is 2.48. The van der Waals surface area contributed by atoms with Gasteiger partial charge in [0.05, 0.1) is 5.52 Å². The monoisotopic (exact) mass is 464 g/mol. The molecule has 0 aliphatic heterocycles. The lowest BCUT2D eigenvalue weighted by molar-refractivity contribution is -0.0500.